The molecule has 1 atom stereocenters. The predicted octanol–water partition coefficient (Wildman–Crippen LogP) is 3.26. The van der Waals surface area contributed by atoms with Gasteiger partial charge >= 0.3 is 0 Å². The maximum Gasteiger partial charge on any atom is 0.223 e. The van der Waals surface area contributed by atoms with Gasteiger partial charge in [-0.2, -0.15) is 0 Å². The number of nitrogens with one attached hydrogen (secondary N) is 1. The van der Waals surface area contributed by atoms with E-state index in [0.717, 1.165) is 74.3 Å². The second-order valence-electron chi connectivity index (χ2n) is 9.39. The van der Waals surface area contributed by atoms with Crippen LogP contribution in [0.2, 0.25) is 0 Å². The van der Waals surface area contributed by atoms with Crippen LogP contribution >= 0.6 is 0 Å². The number of nitrogens with zero attached hydrogens (tertiary/aromatic N) is 5. The van der Waals surface area contributed by atoms with Crippen LogP contribution in [-0.2, 0) is 0 Å². The first kappa shape index (κ1) is 23.7. The van der Waals surface area contributed by atoms with Crippen molar-refractivity contribution in [2.24, 2.45) is 10.9 Å². The third-order valence-electron chi connectivity index (χ3n) is 6.72. The van der Waals surface area contributed by atoms with Crippen LogP contribution in [0.1, 0.15) is 63.6 Å². The molecule has 3 rings (SSSR count). The Balaban J connectivity index is 1.89. The molecule has 2 aliphatic rings. The fourth-order valence-electron chi connectivity index (χ4n) is 4.59. The van der Waals surface area contributed by atoms with E-state index >= 15 is 0 Å². The van der Waals surface area contributed by atoms with E-state index in [2.05, 4.69) is 59.6 Å². The summed E-state index contributed by atoms with van der Waals surface area (Å²) in [6, 6.07) is 0.859. The quantitative estimate of drug-likeness (QED) is 0.489. The lowest BCUT2D eigenvalue weighted by atomic mass is 9.81. The monoisotopic (exact) mass is 428 g/mol. The van der Waals surface area contributed by atoms with Crippen molar-refractivity contribution in [1.29, 1.82) is 0 Å². The summed E-state index contributed by atoms with van der Waals surface area (Å²) in [5, 5.41) is 13.4. The summed E-state index contributed by atoms with van der Waals surface area (Å²) in [7, 11) is 6.09. The van der Waals surface area contributed by atoms with Crippen molar-refractivity contribution in [3.63, 3.8) is 0 Å². The number of rotatable bonds is 8. The highest BCUT2D eigenvalue weighted by Crippen LogP contribution is 2.36. The van der Waals surface area contributed by atoms with E-state index in [4.69, 9.17) is 4.98 Å². The average Bonchev–Trinajstić information content (AvgIpc) is 2.70. The van der Waals surface area contributed by atoms with E-state index in [0.29, 0.717) is 23.9 Å². The predicted molar refractivity (Wildman–Crippen MR) is 129 cm³/mol. The Morgan fingerprint density at radius 3 is 2.58 bits per heavy atom. The van der Waals surface area contributed by atoms with Gasteiger partial charge in [-0.3, -0.25) is 4.99 Å². The summed E-state index contributed by atoms with van der Waals surface area (Å²) >= 11 is 0. The molecule has 1 aliphatic heterocycles. The molecule has 2 N–H and O–H groups in total. The zero-order valence-corrected chi connectivity index (χ0v) is 19.9. The van der Waals surface area contributed by atoms with E-state index in [-0.39, 0.29) is 6.10 Å². The molecule has 0 spiro atoms. The Morgan fingerprint density at radius 2 is 2.00 bits per heavy atom. The van der Waals surface area contributed by atoms with Gasteiger partial charge in [0, 0.05) is 38.4 Å². The molecule has 7 nitrogen and oxygen atoms in total. The largest absolute Gasteiger partial charge is 0.393 e. The van der Waals surface area contributed by atoms with E-state index < -0.39 is 0 Å². The fraction of sp³-hybridized carbons (Fsp3) is 0.708. The summed E-state index contributed by atoms with van der Waals surface area (Å²) < 4.78 is 0. The number of aliphatic hydroxyl groups is 1. The highest BCUT2D eigenvalue weighted by Gasteiger charge is 2.33. The van der Waals surface area contributed by atoms with Gasteiger partial charge in [0.15, 0.2) is 0 Å². The van der Waals surface area contributed by atoms with Gasteiger partial charge in [0.2, 0.25) is 5.95 Å². The standard InChI is InChI=1S/C24H40N6O/c1-7-8-16(2)27-24-26-13-21(23(25-4)30-14-19(15-30)29(5)6)22(28-24)17(3)18-9-11-20(31)12-10-18/h13,16,18-20,31H,3,7-12,14-15H2,1-2,4-6H3,(H,26,27,28)/b25-23+/t16?,18-,20-. The Kier molecular flexibility index (Phi) is 8.06. The molecule has 0 bridgehead atoms. The third-order valence-corrected chi connectivity index (χ3v) is 6.72. The van der Waals surface area contributed by atoms with E-state index in [9.17, 15) is 5.11 Å². The lowest BCUT2D eigenvalue weighted by Crippen LogP contribution is -2.59. The van der Waals surface area contributed by atoms with Crippen LogP contribution < -0.4 is 5.32 Å². The van der Waals surface area contributed by atoms with Crippen LogP contribution in [0.15, 0.2) is 17.8 Å². The number of amidine groups is 1. The molecule has 2 fully saturated rings. The molecule has 1 saturated heterocycles. The topological polar surface area (TPSA) is 76.9 Å². The van der Waals surface area contributed by atoms with E-state index in [1.807, 2.05) is 13.2 Å². The minimum atomic E-state index is -0.183. The van der Waals surface area contributed by atoms with Gasteiger partial charge in [0.1, 0.15) is 5.84 Å². The number of hydrogen-bond donors (Lipinski definition) is 2. The first-order valence-corrected chi connectivity index (χ1v) is 11.7. The molecule has 0 aromatic carbocycles. The number of likely N-dealkylation sites (N-methyl/N-ethyl adjacent to an activating group) is 1. The third kappa shape index (κ3) is 5.63. The summed E-state index contributed by atoms with van der Waals surface area (Å²) in [5.74, 6) is 1.93. The van der Waals surface area contributed by atoms with Crippen molar-refractivity contribution in [2.75, 3.05) is 39.5 Å². The van der Waals surface area contributed by atoms with Gasteiger partial charge in [-0.1, -0.05) is 19.9 Å². The van der Waals surface area contributed by atoms with Crippen molar-refractivity contribution >= 4 is 17.4 Å². The van der Waals surface area contributed by atoms with Crippen LogP contribution in [0.5, 0.6) is 0 Å². The number of aliphatic imine (C=N–C) groups is 1. The highest BCUT2D eigenvalue weighted by atomic mass is 16.3. The first-order valence-electron chi connectivity index (χ1n) is 11.7. The maximum atomic E-state index is 9.94. The molecule has 0 amide bonds. The zero-order valence-electron chi connectivity index (χ0n) is 19.9. The van der Waals surface area contributed by atoms with E-state index in [1.165, 1.54) is 0 Å². The number of likely N-dealkylation sites (tertiary alicyclic amines) is 1. The van der Waals surface area contributed by atoms with Crippen LogP contribution in [0, 0.1) is 5.92 Å². The molecule has 1 saturated carbocycles. The minimum absolute atomic E-state index is 0.183. The molecular formula is C24H40N6O. The van der Waals surface area contributed by atoms with Gasteiger partial charge in [-0.05, 0) is 64.6 Å². The molecule has 1 aromatic heterocycles. The fourth-order valence-corrected chi connectivity index (χ4v) is 4.59. The van der Waals surface area contributed by atoms with Gasteiger partial charge < -0.3 is 20.2 Å². The van der Waals surface area contributed by atoms with Gasteiger partial charge in [-0.15, -0.1) is 0 Å². The maximum absolute atomic E-state index is 9.94. The summed E-state index contributed by atoms with van der Waals surface area (Å²) in [5.41, 5.74) is 2.90. The normalized spacial score (nSPS) is 23.6. The number of aromatic nitrogens is 2. The Hall–Kier alpha value is -1.99. The Morgan fingerprint density at radius 1 is 1.32 bits per heavy atom. The second-order valence-corrected chi connectivity index (χ2v) is 9.39. The zero-order chi connectivity index (χ0) is 22.5. The van der Waals surface area contributed by atoms with Gasteiger partial charge in [0.05, 0.1) is 17.4 Å². The highest BCUT2D eigenvalue weighted by molar-refractivity contribution is 6.02. The van der Waals surface area contributed by atoms with Gasteiger partial charge in [0.25, 0.3) is 0 Å². The molecule has 7 heteroatoms. The Bertz CT molecular complexity index is 778. The molecule has 31 heavy (non-hydrogen) atoms. The summed E-state index contributed by atoms with van der Waals surface area (Å²) in [6.45, 7) is 10.7. The average molecular weight is 429 g/mol. The molecule has 1 unspecified atom stereocenters. The lowest BCUT2D eigenvalue weighted by molar-refractivity contribution is 0.119. The van der Waals surface area contributed by atoms with Crippen molar-refractivity contribution < 1.29 is 5.11 Å². The smallest absolute Gasteiger partial charge is 0.223 e. The molecule has 172 valence electrons. The van der Waals surface area contributed by atoms with Gasteiger partial charge in [-0.25, -0.2) is 9.97 Å². The summed E-state index contributed by atoms with van der Waals surface area (Å²) in [6.07, 6.45) is 7.47. The SMILES string of the molecule is C=C(c1nc(NC(C)CCC)ncc1/C(=N\C)N1CC(N(C)C)C1)[C@H]1CC[C@H](O)CC1. The molecule has 0 radical (unpaired) electrons. The molecule has 2 heterocycles. The lowest BCUT2D eigenvalue weighted by Gasteiger charge is -2.44. The molecule has 1 aliphatic carbocycles. The second kappa shape index (κ2) is 10.6. The van der Waals surface area contributed by atoms with Crippen molar-refractivity contribution in [3.05, 3.63) is 24.0 Å². The minimum Gasteiger partial charge on any atom is -0.393 e. The molecular weight excluding hydrogens is 388 g/mol. The molecule has 1 aromatic rings. The van der Waals surface area contributed by atoms with Crippen molar-refractivity contribution in [3.8, 4) is 0 Å². The number of anilines is 1. The number of aliphatic hydroxyl groups excluding tert-OH is 1. The van der Waals surface area contributed by atoms with Crippen molar-refractivity contribution in [2.45, 2.75) is 70.6 Å². The first-order chi connectivity index (χ1) is 14.8. The van der Waals surface area contributed by atoms with E-state index in [1.54, 1.807) is 0 Å². The Labute approximate surface area is 187 Å². The van der Waals surface area contributed by atoms with Crippen LogP contribution in [0.4, 0.5) is 5.95 Å². The summed E-state index contributed by atoms with van der Waals surface area (Å²) in [4.78, 5) is 18.8. The van der Waals surface area contributed by atoms with Crippen LogP contribution in [-0.4, -0.2) is 83.1 Å². The van der Waals surface area contributed by atoms with Crippen molar-refractivity contribution in [1.82, 2.24) is 19.8 Å². The number of hydrogen-bond acceptors (Lipinski definition) is 6. The number of allylic oxidation sites excluding steroid dienone is 1. The van der Waals surface area contributed by atoms with Crippen LogP contribution in [0.3, 0.4) is 0 Å². The van der Waals surface area contributed by atoms with Crippen LogP contribution in [0.25, 0.3) is 5.57 Å².